The minimum atomic E-state index is -0.419. The molecule has 0 saturated carbocycles. The van der Waals surface area contributed by atoms with Crippen molar-refractivity contribution >= 4 is 23.0 Å². The molecule has 0 aromatic heterocycles. The van der Waals surface area contributed by atoms with Gasteiger partial charge in [0, 0.05) is 6.54 Å². The van der Waals surface area contributed by atoms with Crippen LogP contribution in [0.5, 0.6) is 11.5 Å². The Morgan fingerprint density at radius 2 is 1.88 bits per heavy atom. The van der Waals surface area contributed by atoms with E-state index in [4.69, 9.17) is 18.3 Å². The Morgan fingerprint density at radius 3 is 2.60 bits per heavy atom. The molecule has 2 atom stereocenters. The fourth-order valence-electron chi connectivity index (χ4n) is 2.53. The van der Waals surface area contributed by atoms with Gasteiger partial charge in [-0.05, 0) is 62.3 Å². The molecule has 0 bridgehead atoms. The zero-order valence-corrected chi connectivity index (χ0v) is 16.7. The minimum Gasteiger partial charge on any atom is -0.465 e. The quantitative estimate of drug-likeness (QED) is 0.423. The molecule has 5 nitrogen and oxygen atoms in total. The standard InChI is InChI=1S/C19H25IN2O3/c1-14(23-17-7-3-5-15(11-17)9-10-22-2)24-19(13-21)16-6-4-8-18(12-16)25-20/h3-8,11-12,14,19,22H,9-10,13,21H2,1-2H3/t14-,19-/m0/s1. The van der Waals surface area contributed by atoms with Crippen molar-refractivity contribution in [3.63, 3.8) is 0 Å². The highest BCUT2D eigenvalue weighted by atomic mass is 127. The molecule has 0 aliphatic heterocycles. The molecular weight excluding hydrogens is 431 g/mol. The number of benzene rings is 2. The predicted molar refractivity (Wildman–Crippen MR) is 108 cm³/mol. The Morgan fingerprint density at radius 1 is 1.12 bits per heavy atom. The summed E-state index contributed by atoms with van der Waals surface area (Å²) in [6.45, 7) is 3.17. The molecule has 0 radical (unpaired) electrons. The highest BCUT2D eigenvalue weighted by molar-refractivity contribution is 14.1. The number of nitrogens with two attached hydrogens (primary N) is 1. The van der Waals surface area contributed by atoms with Crippen molar-refractivity contribution in [1.82, 2.24) is 5.32 Å². The molecule has 0 fully saturated rings. The molecule has 25 heavy (non-hydrogen) atoms. The first-order chi connectivity index (χ1) is 12.2. The largest absolute Gasteiger partial charge is 0.465 e. The fourth-order valence-corrected chi connectivity index (χ4v) is 2.80. The molecule has 2 rings (SSSR count). The third kappa shape index (κ3) is 6.47. The maximum absolute atomic E-state index is 5.99. The molecule has 2 aromatic carbocycles. The molecule has 0 spiro atoms. The molecule has 0 aliphatic carbocycles. The van der Waals surface area contributed by atoms with E-state index in [1.807, 2.05) is 79.4 Å². The van der Waals surface area contributed by atoms with Crippen molar-refractivity contribution in [2.45, 2.75) is 25.7 Å². The van der Waals surface area contributed by atoms with E-state index in [-0.39, 0.29) is 6.10 Å². The smallest absolute Gasteiger partial charge is 0.197 e. The lowest BCUT2D eigenvalue weighted by molar-refractivity contribution is -0.106. The third-order valence-corrected chi connectivity index (χ3v) is 4.26. The van der Waals surface area contributed by atoms with Crippen LogP contribution in [0.4, 0.5) is 0 Å². The van der Waals surface area contributed by atoms with Gasteiger partial charge in [-0.3, -0.25) is 0 Å². The maximum Gasteiger partial charge on any atom is 0.197 e. The Bertz CT molecular complexity index is 654. The summed E-state index contributed by atoms with van der Waals surface area (Å²) in [5.74, 6) is 1.56. The Kier molecular flexibility index (Phi) is 8.47. The molecule has 0 amide bonds. The van der Waals surface area contributed by atoms with E-state index in [9.17, 15) is 0 Å². The van der Waals surface area contributed by atoms with Crippen LogP contribution in [0.1, 0.15) is 24.2 Å². The average Bonchev–Trinajstić information content (AvgIpc) is 2.64. The van der Waals surface area contributed by atoms with Crippen LogP contribution in [-0.2, 0) is 11.2 Å². The maximum atomic E-state index is 5.99. The average molecular weight is 456 g/mol. The third-order valence-electron chi connectivity index (χ3n) is 3.75. The first-order valence-corrected chi connectivity index (χ1v) is 9.18. The SMILES string of the molecule is CNCCc1cccc(O[C@H](C)O[C@@H](CN)c2cccc(OI)c2)c1. The number of rotatable bonds is 10. The summed E-state index contributed by atoms with van der Waals surface area (Å²) < 4.78 is 17.1. The van der Waals surface area contributed by atoms with Gasteiger partial charge < -0.3 is 23.6 Å². The van der Waals surface area contributed by atoms with Crippen LogP contribution in [0.15, 0.2) is 48.5 Å². The van der Waals surface area contributed by atoms with Gasteiger partial charge in [0.2, 0.25) is 0 Å². The Hall–Kier alpha value is -1.35. The van der Waals surface area contributed by atoms with Gasteiger partial charge in [0.25, 0.3) is 0 Å². The normalized spacial score (nSPS) is 13.3. The zero-order valence-electron chi connectivity index (χ0n) is 14.6. The molecule has 0 heterocycles. The van der Waals surface area contributed by atoms with E-state index in [2.05, 4.69) is 11.4 Å². The van der Waals surface area contributed by atoms with Gasteiger partial charge in [0.05, 0.1) is 6.10 Å². The Balaban J connectivity index is 1.98. The molecule has 2 aromatic rings. The van der Waals surface area contributed by atoms with E-state index in [0.29, 0.717) is 6.54 Å². The Labute approximate surface area is 163 Å². The topological polar surface area (TPSA) is 65.7 Å². The van der Waals surface area contributed by atoms with Crippen LogP contribution in [-0.4, -0.2) is 26.4 Å². The van der Waals surface area contributed by atoms with Crippen LogP contribution >= 0.6 is 23.0 Å². The second-order valence-electron chi connectivity index (χ2n) is 5.70. The summed E-state index contributed by atoms with van der Waals surface area (Å²) in [5.41, 5.74) is 8.08. The lowest BCUT2D eigenvalue weighted by atomic mass is 10.1. The van der Waals surface area contributed by atoms with Crippen molar-refractivity contribution in [3.8, 4) is 11.5 Å². The van der Waals surface area contributed by atoms with Gasteiger partial charge in [-0.1, -0.05) is 24.3 Å². The van der Waals surface area contributed by atoms with Gasteiger partial charge in [-0.25, -0.2) is 0 Å². The van der Waals surface area contributed by atoms with Crippen LogP contribution in [0, 0.1) is 0 Å². The molecule has 6 heteroatoms. The predicted octanol–water partition coefficient (Wildman–Crippen LogP) is 3.62. The van der Waals surface area contributed by atoms with Crippen molar-refractivity contribution in [2.75, 3.05) is 20.1 Å². The highest BCUT2D eigenvalue weighted by Gasteiger charge is 2.16. The van der Waals surface area contributed by atoms with Crippen LogP contribution in [0.3, 0.4) is 0 Å². The van der Waals surface area contributed by atoms with Crippen molar-refractivity contribution < 1.29 is 12.5 Å². The summed E-state index contributed by atoms with van der Waals surface area (Å²) in [7, 11) is 1.95. The highest BCUT2D eigenvalue weighted by Crippen LogP contribution is 2.25. The molecule has 0 unspecified atom stereocenters. The number of likely N-dealkylation sites (N-methyl/N-ethyl adjacent to an activating group) is 1. The molecule has 3 N–H and O–H groups in total. The van der Waals surface area contributed by atoms with Gasteiger partial charge in [0.1, 0.15) is 11.5 Å². The number of hydrogen-bond donors (Lipinski definition) is 2. The second kappa shape index (κ2) is 10.6. The van der Waals surface area contributed by atoms with Crippen molar-refractivity contribution in [3.05, 3.63) is 59.7 Å². The summed E-state index contributed by atoms with van der Waals surface area (Å²) in [6.07, 6.45) is 0.281. The van der Waals surface area contributed by atoms with Crippen molar-refractivity contribution in [1.29, 1.82) is 0 Å². The van der Waals surface area contributed by atoms with Gasteiger partial charge in [0.15, 0.2) is 29.3 Å². The van der Waals surface area contributed by atoms with E-state index in [0.717, 1.165) is 30.0 Å². The summed E-state index contributed by atoms with van der Waals surface area (Å²) >= 11 is 1.86. The first kappa shape index (κ1) is 20.0. The fraction of sp³-hybridized carbons (Fsp3) is 0.368. The van der Waals surface area contributed by atoms with Gasteiger partial charge in [-0.2, -0.15) is 0 Å². The van der Waals surface area contributed by atoms with E-state index in [1.165, 1.54) is 5.56 Å². The van der Waals surface area contributed by atoms with Gasteiger partial charge in [-0.15, -0.1) is 0 Å². The van der Waals surface area contributed by atoms with E-state index < -0.39 is 6.29 Å². The van der Waals surface area contributed by atoms with Crippen LogP contribution in [0.25, 0.3) is 0 Å². The number of nitrogens with one attached hydrogen (secondary N) is 1. The number of halogens is 1. The van der Waals surface area contributed by atoms with Crippen LogP contribution in [0.2, 0.25) is 0 Å². The van der Waals surface area contributed by atoms with Crippen LogP contribution < -0.4 is 18.9 Å². The minimum absolute atomic E-state index is 0.256. The summed E-state index contributed by atoms with van der Waals surface area (Å²) in [5, 5.41) is 3.15. The monoisotopic (exact) mass is 456 g/mol. The zero-order chi connectivity index (χ0) is 18.1. The lowest BCUT2D eigenvalue weighted by Crippen LogP contribution is -2.24. The molecular formula is C19H25IN2O3. The summed E-state index contributed by atoms with van der Waals surface area (Å²) in [4.78, 5) is 0. The molecule has 0 aliphatic rings. The van der Waals surface area contributed by atoms with E-state index >= 15 is 0 Å². The first-order valence-electron chi connectivity index (χ1n) is 8.30. The van der Waals surface area contributed by atoms with E-state index in [1.54, 1.807) is 0 Å². The molecule has 0 saturated heterocycles. The molecule has 136 valence electrons. The number of ether oxygens (including phenoxy) is 2. The number of hydrogen-bond acceptors (Lipinski definition) is 5. The lowest BCUT2D eigenvalue weighted by Gasteiger charge is -2.23. The van der Waals surface area contributed by atoms with Gasteiger partial charge >= 0.3 is 0 Å². The summed E-state index contributed by atoms with van der Waals surface area (Å²) in [6, 6.07) is 15.8. The second-order valence-corrected chi connectivity index (χ2v) is 6.14. The van der Waals surface area contributed by atoms with Crippen molar-refractivity contribution in [2.24, 2.45) is 5.73 Å².